The third kappa shape index (κ3) is 69.0. The lowest BCUT2D eigenvalue weighted by molar-refractivity contribution is -0.161. The van der Waals surface area contributed by atoms with Crippen LogP contribution in [-0.2, 0) is 65.4 Å². The van der Waals surface area contributed by atoms with Gasteiger partial charge in [-0.2, -0.15) is 0 Å². The number of aliphatic hydroxyl groups is 1. The molecule has 0 aliphatic rings. The van der Waals surface area contributed by atoms with Gasteiger partial charge in [0.1, 0.15) is 19.3 Å². The number of esters is 4. The SMILES string of the molecule is CCCCCCCCCCCCCCCCCCCCCCCCC(=O)O[C@H](COC(=O)CCCCCCCCCCC(C)CC)COP(=O)(O)OC[C@@H](O)COP(=O)(O)OC[C@@H](COC(=O)CCCCCCCCCC(C)C)OC(=O)CCCCCCCCCCC(C)C. The van der Waals surface area contributed by atoms with E-state index < -0.39 is 97.5 Å². The summed E-state index contributed by atoms with van der Waals surface area (Å²) >= 11 is 0. The first kappa shape index (κ1) is 93.1. The van der Waals surface area contributed by atoms with Crippen LogP contribution in [0, 0.1) is 17.8 Å². The number of aliphatic hydroxyl groups excluding tert-OH is 1. The molecule has 0 saturated carbocycles. The first-order chi connectivity index (χ1) is 45.8. The molecule has 3 unspecified atom stereocenters. The van der Waals surface area contributed by atoms with Gasteiger partial charge in [0.2, 0.25) is 0 Å². The third-order valence-electron chi connectivity index (χ3n) is 18.0. The predicted octanol–water partition coefficient (Wildman–Crippen LogP) is 22.2. The quantitative estimate of drug-likeness (QED) is 0.0222. The second-order valence-electron chi connectivity index (χ2n) is 28.6. The van der Waals surface area contributed by atoms with Gasteiger partial charge in [0, 0.05) is 25.7 Å². The standard InChI is InChI=1S/C76H148O17P2/c1-8-10-11-12-13-14-15-16-17-18-19-20-21-22-23-24-25-26-27-37-45-52-59-75(80)92-71(63-86-73(78)57-50-43-36-31-29-35-42-49-56-69(7)9-2)65-90-94(82,83)88-61-70(77)62-89-95(84,85)91-66-72(64-87-74(79)58-51-44-39-32-34-41-48-55-68(5)6)93-76(81)60-53-46-38-30-28-33-40-47-54-67(3)4/h67-72,77H,8-66H2,1-7H3,(H,82,83)(H,84,85)/t69?,70-,71-,72-/m1/s1. The Hall–Kier alpha value is -1.94. The van der Waals surface area contributed by atoms with Crippen molar-refractivity contribution < 1.29 is 80.2 Å². The van der Waals surface area contributed by atoms with E-state index >= 15 is 0 Å². The van der Waals surface area contributed by atoms with Crippen molar-refractivity contribution in [2.45, 2.75) is 407 Å². The van der Waals surface area contributed by atoms with E-state index in [1.807, 2.05) is 0 Å². The fraction of sp³-hybridized carbons (Fsp3) is 0.947. The molecule has 0 aliphatic heterocycles. The lowest BCUT2D eigenvalue weighted by atomic mass is 9.99. The maximum absolute atomic E-state index is 13.1. The summed E-state index contributed by atoms with van der Waals surface area (Å²) in [4.78, 5) is 72.7. The van der Waals surface area contributed by atoms with Gasteiger partial charge in [-0.1, -0.05) is 337 Å². The zero-order valence-electron chi connectivity index (χ0n) is 62.1. The van der Waals surface area contributed by atoms with Crippen LogP contribution < -0.4 is 0 Å². The van der Waals surface area contributed by atoms with Gasteiger partial charge < -0.3 is 33.8 Å². The van der Waals surface area contributed by atoms with Crippen LogP contribution in [0.1, 0.15) is 389 Å². The lowest BCUT2D eigenvalue weighted by Gasteiger charge is -2.21. The minimum atomic E-state index is -4.96. The summed E-state index contributed by atoms with van der Waals surface area (Å²) in [6.07, 6.45) is 53.1. The molecular formula is C76H148O17P2. The molecule has 0 saturated heterocycles. The maximum atomic E-state index is 13.1. The molecular weight excluding hydrogens is 1250 g/mol. The molecule has 0 heterocycles. The van der Waals surface area contributed by atoms with E-state index in [-0.39, 0.29) is 25.7 Å². The van der Waals surface area contributed by atoms with E-state index in [4.69, 9.17) is 37.0 Å². The molecule has 3 N–H and O–H groups in total. The van der Waals surface area contributed by atoms with Crippen LogP contribution in [0.5, 0.6) is 0 Å². The zero-order chi connectivity index (χ0) is 70.1. The van der Waals surface area contributed by atoms with Crippen molar-refractivity contribution in [2.24, 2.45) is 17.8 Å². The Morgan fingerprint density at radius 1 is 0.305 bits per heavy atom. The van der Waals surface area contributed by atoms with E-state index in [0.717, 1.165) is 108 Å². The van der Waals surface area contributed by atoms with Gasteiger partial charge in [-0.3, -0.25) is 37.3 Å². The van der Waals surface area contributed by atoms with E-state index in [1.54, 1.807) is 0 Å². The lowest BCUT2D eigenvalue weighted by Crippen LogP contribution is -2.30. The molecule has 0 radical (unpaired) electrons. The number of hydrogen-bond acceptors (Lipinski definition) is 15. The number of phosphoric ester groups is 2. The monoisotopic (exact) mass is 1400 g/mol. The Bertz CT molecular complexity index is 1850. The number of hydrogen-bond donors (Lipinski definition) is 3. The predicted molar refractivity (Wildman–Crippen MR) is 386 cm³/mol. The fourth-order valence-electron chi connectivity index (χ4n) is 11.6. The van der Waals surface area contributed by atoms with Crippen LogP contribution in [0.15, 0.2) is 0 Å². The largest absolute Gasteiger partial charge is 0.472 e. The number of ether oxygens (including phenoxy) is 4. The average Bonchev–Trinajstić information content (AvgIpc) is 2.93. The highest BCUT2D eigenvalue weighted by Gasteiger charge is 2.30. The summed E-state index contributed by atoms with van der Waals surface area (Å²) in [7, 11) is -9.91. The number of carbonyl (C=O) groups is 4. The summed E-state index contributed by atoms with van der Waals surface area (Å²) in [5.74, 6) is 0.0769. The van der Waals surface area contributed by atoms with E-state index in [1.165, 1.54) is 193 Å². The second-order valence-corrected chi connectivity index (χ2v) is 31.5. The molecule has 95 heavy (non-hydrogen) atoms. The van der Waals surface area contributed by atoms with Gasteiger partial charge in [0.05, 0.1) is 26.4 Å². The van der Waals surface area contributed by atoms with E-state index in [9.17, 15) is 43.2 Å². The molecule has 0 aromatic heterocycles. The topological polar surface area (TPSA) is 237 Å². The highest BCUT2D eigenvalue weighted by Crippen LogP contribution is 2.45. The average molecular weight is 1400 g/mol. The smallest absolute Gasteiger partial charge is 0.462 e. The summed E-state index contributed by atoms with van der Waals surface area (Å²) in [6.45, 7) is 11.8. The van der Waals surface area contributed by atoms with Crippen molar-refractivity contribution in [3.8, 4) is 0 Å². The van der Waals surface area contributed by atoms with Gasteiger partial charge >= 0.3 is 39.5 Å². The molecule has 0 amide bonds. The Morgan fingerprint density at radius 3 is 0.800 bits per heavy atom. The van der Waals surface area contributed by atoms with Crippen LogP contribution >= 0.6 is 15.6 Å². The number of unbranched alkanes of at least 4 members (excludes halogenated alkanes) is 41. The van der Waals surface area contributed by atoms with Gasteiger partial charge in [-0.25, -0.2) is 9.13 Å². The molecule has 0 aromatic carbocycles. The van der Waals surface area contributed by atoms with Crippen molar-refractivity contribution in [1.29, 1.82) is 0 Å². The van der Waals surface area contributed by atoms with Gasteiger partial charge in [-0.05, 0) is 43.4 Å². The van der Waals surface area contributed by atoms with Crippen molar-refractivity contribution in [3.63, 3.8) is 0 Å². The fourth-order valence-corrected chi connectivity index (χ4v) is 13.1. The van der Waals surface area contributed by atoms with Crippen LogP contribution in [0.3, 0.4) is 0 Å². The molecule has 564 valence electrons. The highest BCUT2D eigenvalue weighted by molar-refractivity contribution is 7.47. The van der Waals surface area contributed by atoms with Crippen LogP contribution in [-0.4, -0.2) is 96.7 Å². The van der Waals surface area contributed by atoms with E-state index in [0.29, 0.717) is 31.6 Å². The first-order valence-corrected chi connectivity index (χ1v) is 42.4. The summed E-state index contributed by atoms with van der Waals surface area (Å²) in [6, 6.07) is 0. The summed E-state index contributed by atoms with van der Waals surface area (Å²) < 4.78 is 68.4. The minimum Gasteiger partial charge on any atom is -0.462 e. The number of phosphoric acid groups is 2. The first-order valence-electron chi connectivity index (χ1n) is 39.4. The molecule has 0 spiro atoms. The molecule has 0 fully saturated rings. The molecule has 0 aliphatic carbocycles. The van der Waals surface area contributed by atoms with E-state index in [2.05, 4.69) is 48.5 Å². The molecule has 0 rings (SSSR count). The molecule has 17 nitrogen and oxygen atoms in total. The van der Waals surface area contributed by atoms with Gasteiger partial charge in [0.15, 0.2) is 12.2 Å². The zero-order valence-corrected chi connectivity index (χ0v) is 63.9. The van der Waals surface area contributed by atoms with Gasteiger partial charge in [0.25, 0.3) is 0 Å². The second kappa shape index (κ2) is 66.6. The third-order valence-corrected chi connectivity index (χ3v) is 19.9. The summed E-state index contributed by atoms with van der Waals surface area (Å²) in [5, 5.41) is 10.6. The Labute approximate surface area is 581 Å². The van der Waals surface area contributed by atoms with Gasteiger partial charge in [-0.15, -0.1) is 0 Å². The Kier molecular flexibility index (Phi) is 65.2. The van der Waals surface area contributed by atoms with Crippen molar-refractivity contribution >= 4 is 39.5 Å². The van der Waals surface area contributed by atoms with Crippen LogP contribution in [0.2, 0.25) is 0 Å². The van der Waals surface area contributed by atoms with Crippen molar-refractivity contribution in [3.05, 3.63) is 0 Å². The Morgan fingerprint density at radius 2 is 0.537 bits per heavy atom. The van der Waals surface area contributed by atoms with Crippen LogP contribution in [0.4, 0.5) is 0 Å². The van der Waals surface area contributed by atoms with Crippen molar-refractivity contribution in [2.75, 3.05) is 39.6 Å². The maximum Gasteiger partial charge on any atom is 0.472 e. The minimum absolute atomic E-state index is 0.104. The highest BCUT2D eigenvalue weighted by atomic mass is 31.2. The molecule has 0 aromatic rings. The molecule has 19 heteroatoms. The van der Waals surface area contributed by atoms with Crippen LogP contribution in [0.25, 0.3) is 0 Å². The van der Waals surface area contributed by atoms with Crippen molar-refractivity contribution in [1.82, 2.24) is 0 Å². The number of rotatable bonds is 74. The number of carbonyl (C=O) groups excluding carboxylic acids is 4. The normalized spacial score (nSPS) is 14.4. The molecule has 6 atom stereocenters. The molecule has 0 bridgehead atoms. The Balaban J connectivity index is 5.18. The summed E-state index contributed by atoms with van der Waals surface area (Å²) in [5.41, 5.74) is 0.